The molecule has 1 aromatic heterocycles. The molecule has 0 saturated heterocycles. The van der Waals surface area contributed by atoms with Gasteiger partial charge in [0.1, 0.15) is 5.83 Å². The average molecular weight is 387 g/mol. The number of aromatic nitrogens is 1. The Labute approximate surface area is 172 Å². The maximum Gasteiger partial charge on any atom is 0.104 e. The summed E-state index contributed by atoms with van der Waals surface area (Å²) < 4.78 is 14.0. The second-order valence-corrected chi connectivity index (χ2v) is 7.36. The highest BCUT2D eigenvalue weighted by Gasteiger charge is 2.12. The van der Waals surface area contributed by atoms with Crippen molar-refractivity contribution >= 4 is 0 Å². The molecule has 1 heterocycles. The van der Waals surface area contributed by atoms with E-state index in [0.717, 1.165) is 31.3 Å². The summed E-state index contributed by atoms with van der Waals surface area (Å²) in [5.41, 5.74) is 12.7. The number of halogens is 1. The molecule has 3 rings (SSSR count). The van der Waals surface area contributed by atoms with Crippen LogP contribution in [0, 0.1) is 0 Å². The molecule has 1 aliphatic rings. The Kier molecular flexibility index (Phi) is 6.96. The molecule has 0 aliphatic heterocycles. The largest absolute Gasteiger partial charge is 0.399 e. The van der Waals surface area contributed by atoms with Crippen molar-refractivity contribution in [3.05, 3.63) is 125 Å². The first kappa shape index (κ1) is 20.5. The molecular weight excluding hydrogens is 359 g/mol. The molecule has 2 aromatic rings. The lowest BCUT2D eigenvalue weighted by Crippen LogP contribution is -1.93. The smallest absolute Gasteiger partial charge is 0.104 e. The summed E-state index contributed by atoms with van der Waals surface area (Å²) in [6.45, 7) is 5.11. The minimum atomic E-state index is -0.207. The second-order valence-electron chi connectivity index (χ2n) is 7.36. The molecule has 0 bridgehead atoms. The Hall–Kier alpha value is -3.20. The normalized spacial score (nSPS) is 14.6. The maximum absolute atomic E-state index is 14.0. The van der Waals surface area contributed by atoms with E-state index in [2.05, 4.69) is 60.1 Å². The van der Waals surface area contributed by atoms with Gasteiger partial charge >= 0.3 is 0 Å². The molecule has 0 spiro atoms. The Morgan fingerprint density at radius 3 is 2.28 bits per heavy atom. The zero-order chi connectivity index (χ0) is 20.6. The van der Waals surface area contributed by atoms with E-state index in [0.29, 0.717) is 11.3 Å². The van der Waals surface area contributed by atoms with Crippen LogP contribution in [0.5, 0.6) is 0 Å². The highest BCUT2D eigenvalue weighted by molar-refractivity contribution is 5.51. The number of nitrogens with two attached hydrogens (primary N) is 1. The topological polar surface area (TPSA) is 38.9 Å². The van der Waals surface area contributed by atoms with Crippen LogP contribution in [-0.4, -0.2) is 4.98 Å². The van der Waals surface area contributed by atoms with Crippen LogP contribution >= 0.6 is 0 Å². The third-order valence-corrected chi connectivity index (χ3v) is 5.01. The summed E-state index contributed by atoms with van der Waals surface area (Å²) in [5.74, 6) is -0.207. The molecular formula is C26H27FN2. The fourth-order valence-corrected chi connectivity index (χ4v) is 3.42. The standard InChI is InChI=1S/C26H27FN2/c1-19(28)3-12-26(20(2)27)25-11-10-24(18-25)17-23-8-6-21(7-9-23)4-5-22-13-15-29-16-14-22/h3,6-10,12-16,18H,1,4-5,11,17,28H2,2H3/b12-3-,26-20-. The van der Waals surface area contributed by atoms with Gasteiger partial charge in [0.15, 0.2) is 0 Å². The summed E-state index contributed by atoms with van der Waals surface area (Å²) in [6.07, 6.45) is 14.9. The Bertz CT molecular complexity index is 973. The van der Waals surface area contributed by atoms with Crippen molar-refractivity contribution in [3.63, 3.8) is 0 Å². The highest BCUT2D eigenvalue weighted by Crippen LogP contribution is 2.29. The molecule has 29 heavy (non-hydrogen) atoms. The van der Waals surface area contributed by atoms with E-state index in [9.17, 15) is 4.39 Å². The first-order chi connectivity index (χ1) is 14.0. The first-order valence-corrected chi connectivity index (χ1v) is 9.87. The zero-order valence-corrected chi connectivity index (χ0v) is 16.9. The first-order valence-electron chi connectivity index (χ1n) is 9.87. The Morgan fingerprint density at radius 1 is 1.03 bits per heavy atom. The Balaban J connectivity index is 1.60. The molecule has 0 fully saturated rings. The average Bonchev–Trinajstić information content (AvgIpc) is 3.16. The predicted molar refractivity (Wildman–Crippen MR) is 119 cm³/mol. The lowest BCUT2D eigenvalue weighted by Gasteiger charge is -2.06. The van der Waals surface area contributed by atoms with Gasteiger partial charge < -0.3 is 5.73 Å². The van der Waals surface area contributed by atoms with Crippen LogP contribution in [0.3, 0.4) is 0 Å². The number of nitrogens with zero attached hydrogens (tertiary/aromatic N) is 1. The zero-order valence-electron chi connectivity index (χ0n) is 16.9. The van der Waals surface area contributed by atoms with Gasteiger partial charge in [-0.2, -0.15) is 0 Å². The SMILES string of the molecule is C=C(N)/C=C\C(C1=CC(Cc2ccc(CCc3ccncc3)cc2)=CC1)=C(/C)F. The van der Waals surface area contributed by atoms with Crippen molar-refractivity contribution in [3.8, 4) is 0 Å². The van der Waals surface area contributed by atoms with Crippen LogP contribution in [0.25, 0.3) is 0 Å². The molecule has 2 N–H and O–H groups in total. The van der Waals surface area contributed by atoms with E-state index in [1.54, 1.807) is 12.2 Å². The van der Waals surface area contributed by atoms with Crippen LogP contribution in [0.4, 0.5) is 4.39 Å². The van der Waals surface area contributed by atoms with E-state index >= 15 is 0 Å². The Morgan fingerprint density at radius 2 is 1.66 bits per heavy atom. The van der Waals surface area contributed by atoms with Crippen molar-refractivity contribution in [2.45, 2.75) is 32.6 Å². The van der Waals surface area contributed by atoms with Crippen molar-refractivity contribution in [1.82, 2.24) is 4.98 Å². The van der Waals surface area contributed by atoms with Gasteiger partial charge in [-0.15, -0.1) is 0 Å². The quantitative estimate of drug-likeness (QED) is 0.570. The summed E-state index contributed by atoms with van der Waals surface area (Å²) in [4.78, 5) is 4.06. The fraction of sp³-hybridized carbons (Fsp3) is 0.192. The summed E-state index contributed by atoms with van der Waals surface area (Å²) >= 11 is 0. The molecule has 1 aliphatic carbocycles. The monoisotopic (exact) mass is 386 g/mol. The van der Waals surface area contributed by atoms with E-state index in [-0.39, 0.29) is 5.83 Å². The number of allylic oxidation sites excluding steroid dienone is 8. The van der Waals surface area contributed by atoms with Gasteiger partial charge in [-0.25, -0.2) is 4.39 Å². The lowest BCUT2D eigenvalue weighted by atomic mass is 10.0. The van der Waals surface area contributed by atoms with Crippen LogP contribution in [-0.2, 0) is 19.3 Å². The number of pyridine rings is 1. The van der Waals surface area contributed by atoms with Crippen LogP contribution in [0.1, 0.15) is 30.0 Å². The molecule has 2 nitrogen and oxygen atoms in total. The molecule has 1 aromatic carbocycles. The van der Waals surface area contributed by atoms with E-state index < -0.39 is 0 Å². The number of hydrogen-bond donors (Lipinski definition) is 1. The molecule has 148 valence electrons. The second kappa shape index (κ2) is 9.83. The van der Waals surface area contributed by atoms with E-state index in [1.165, 1.54) is 29.2 Å². The number of hydrogen-bond acceptors (Lipinski definition) is 2. The van der Waals surface area contributed by atoms with Crippen molar-refractivity contribution < 1.29 is 4.39 Å². The van der Waals surface area contributed by atoms with Gasteiger partial charge in [0.05, 0.1) is 0 Å². The summed E-state index contributed by atoms with van der Waals surface area (Å²) in [5, 5.41) is 0. The molecule has 0 saturated carbocycles. The molecule has 0 radical (unpaired) electrons. The summed E-state index contributed by atoms with van der Waals surface area (Å²) in [7, 11) is 0. The predicted octanol–water partition coefficient (Wildman–Crippen LogP) is 5.94. The molecule has 0 unspecified atom stereocenters. The van der Waals surface area contributed by atoms with E-state index in [1.807, 2.05) is 12.4 Å². The van der Waals surface area contributed by atoms with Gasteiger partial charge in [-0.3, -0.25) is 4.98 Å². The highest BCUT2D eigenvalue weighted by atomic mass is 19.1. The van der Waals surface area contributed by atoms with Crippen LogP contribution < -0.4 is 5.73 Å². The van der Waals surface area contributed by atoms with Crippen molar-refractivity contribution in [2.24, 2.45) is 5.73 Å². The van der Waals surface area contributed by atoms with Gasteiger partial charge in [-0.1, -0.05) is 49.1 Å². The van der Waals surface area contributed by atoms with Gasteiger partial charge in [0.2, 0.25) is 0 Å². The van der Waals surface area contributed by atoms with Crippen LogP contribution in [0.15, 0.2) is 108 Å². The van der Waals surface area contributed by atoms with Crippen LogP contribution in [0.2, 0.25) is 0 Å². The minimum Gasteiger partial charge on any atom is -0.399 e. The summed E-state index contributed by atoms with van der Waals surface area (Å²) in [6, 6.07) is 12.9. The molecule has 3 heteroatoms. The van der Waals surface area contributed by atoms with E-state index in [4.69, 9.17) is 5.73 Å². The molecule has 0 amide bonds. The number of benzene rings is 1. The minimum absolute atomic E-state index is 0.207. The van der Waals surface area contributed by atoms with Gasteiger partial charge in [-0.05, 0) is 78.7 Å². The number of aryl methyl sites for hydroxylation is 2. The third kappa shape index (κ3) is 6.15. The van der Waals surface area contributed by atoms with Gasteiger partial charge in [0, 0.05) is 23.7 Å². The number of rotatable bonds is 8. The van der Waals surface area contributed by atoms with Crippen molar-refractivity contribution in [1.29, 1.82) is 0 Å². The molecule has 0 atom stereocenters. The maximum atomic E-state index is 14.0. The van der Waals surface area contributed by atoms with Gasteiger partial charge in [0.25, 0.3) is 0 Å². The third-order valence-electron chi connectivity index (χ3n) is 5.01. The fourth-order valence-electron chi connectivity index (χ4n) is 3.42. The lowest BCUT2D eigenvalue weighted by molar-refractivity contribution is 0.632. The van der Waals surface area contributed by atoms with Crippen molar-refractivity contribution in [2.75, 3.05) is 0 Å².